The molecule has 1 aromatic heterocycles. The molecule has 0 aliphatic carbocycles. The number of rotatable bonds is 4. The molecule has 0 radical (unpaired) electrons. The van der Waals surface area contributed by atoms with Crippen molar-refractivity contribution in [2.75, 3.05) is 6.61 Å². The van der Waals surface area contributed by atoms with E-state index in [9.17, 15) is 9.59 Å². The van der Waals surface area contributed by atoms with Gasteiger partial charge in [-0.1, -0.05) is 12.1 Å². The molecule has 0 amide bonds. The summed E-state index contributed by atoms with van der Waals surface area (Å²) in [4.78, 5) is 23.9. The number of ether oxygens (including phenoxy) is 2. The number of hydrogen-bond donors (Lipinski definition) is 0. The quantitative estimate of drug-likeness (QED) is 0.416. The minimum atomic E-state index is -0.534. The van der Waals surface area contributed by atoms with Crippen LogP contribution in [0.25, 0.3) is 11.0 Å². The van der Waals surface area contributed by atoms with Crippen LogP contribution >= 0.6 is 0 Å². The third-order valence-corrected chi connectivity index (χ3v) is 3.54. The van der Waals surface area contributed by atoms with Gasteiger partial charge >= 0.3 is 11.6 Å². The van der Waals surface area contributed by atoms with Crippen molar-refractivity contribution < 1.29 is 18.7 Å². The van der Waals surface area contributed by atoms with Crippen molar-refractivity contribution in [2.45, 2.75) is 13.8 Å². The van der Waals surface area contributed by atoms with E-state index in [1.165, 1.54) is 12.1 Å². The summed E-state index contributed by atoms with van der Waals surface area (Å²) in [6.45, 7) is 4.11. The molecular formula is C19H16O5. The van der Waals surface area contributed by atoms with Gasteiger partial charge in [-0.2, -0.15) is 0 Å². The van der Waals surface area contributed by atoms with Crippen LogP contribution in [0, 0.1) is 6.92 Å². The Labute approximate surface area is 138 Å². The van der Waals surface area contributed by atoms with Crippen LogP contribution in [0.15, 0.2) is 57.7 Å². The van der Waals surface area contributed by atoms with Crippen LogP contribution in [0.4, 0.5) is 0 Å². The van der Waals surface area contributed by atoms with Crippen molar-refractivity contribution in [3.05, 3.63) is 70.1 Å². The van der Waals surface area contributed by atoms with Gasteiger partial charge in [-0.3, -0.25) is 0 Å². The Morgan fingerprint density at radius 3 is 2.71 bits per heavy atom. The van der Waals surface area contributed by atoms with Crippen molar-refractivity contribution in [3.63, 3.8) is 0 Å². The summed E-state index contributed by atoms with van der Waals surface area (Å²) in [5.74, 6) is 0.231. The minimum Gasteiger partial charge on any atom is -0.493 e. The summed E-state index contributed by atoms with van der Waals surface area (Å²) in [6, 6.07) is 13.2. The molecule has 3 rings (SSSR count). The smallest absolute Gasteiger partial charge is 0.347 e. The van der Waals surface area contributed by atoms with Crippen molar-refractivity contribution >= 4 is 16.9 Å². The largest absolute Gasteiger partial charge is 0.493 e. The molecule has 0 unspecified atom stereocenters. The maximum atomic E-state index is 12.4. The van der Waals surface area contributed by atoms with Crippen LogP contribution in [0.5, 0.6) is 11.5 Å². The molecule has 0 atom stereocenters. The van der Waals surface area contributed by atoms with Crippen molar-refractivity contribution in [3.8, 4) is 11.5 Å². The molecule has 0 N–H and O–H groups in total. The molecule has 5 nitrogen and oxygen atoms in total. The van der Waals surface area contributed by atoms with Gasteiger partial charge in [0.15, 0.2) is 0 Å². The van der Waals surface area contributed by atoms with Crippen LogP contribution < -0.4 is 15.1 Å². The first kappa shape index (κ1) is 15.8. The van der Waals surface area contributed by atoms with Crippen LogP contribution in [0.2, 0.25) is 0 Å². The van der Waals surface area contributed by atoms with Crippen LogP contribution in [-0.4, -0.2) is 12.6 Å². The zero-order chi connectivity index (χ0) is 17.1. The predicted octanol–water partition coefficient (Wildman–Crippen LogP) is 3.72. The fraction of sp³-hybridized carbons (Fsp3) is 0.158. The second-order valence-electron chi connectivity index (χ2n) is 5.23. The lowest BCUT2D eigenvalue weighted by Crippen LogP contribution is -2.11. The first-order valence-corrected chi connectivity index (χ1v) is 7.57. The first-order chi connectivity index (χ1) is 11.6. The Balaban J connectivity index is 1.92. The first-order valence-electron chi connectivity index (χ1n) is 7.57. The molecule has 122 valence electrons. The lowest BCUT2D eigenvalue weighted by molar-refractivity contribution is 0.0730. The molecule has 0 aliphatic rings. The summed E-state index contributed by atoms with van der Waals surface area (Å²) in [5.41, 5.74) is 1.08. The van der Waals surface area contributed by atoms with E-state index in [1.54, 1.807) is 36.4 Å². The Kier molecular flexibility index (Phi) is 4.33. The van der Waals surface area contributed by atoms with Gasteiger partial charge in [0.1, 0.15) is 22.6 Å². The number of benzene rings is 2. The van der Waals surface area contributed by atoms with Crippen molar-refractivity contribution in [2.24, 2.45) is 0 Å². The lowest BCUT2D eigenvalue weighted by Gasteiger charge is -2.10. The Morgan fingerprint density at radius 1 is 1.12 bits per heavy atom. The molecule has 0 saturated heterocycles. The van der Waals surface area contributed by atoms with Gasteiger partial charge in [0, 0.05) is 17.5 Å². The average Bonchev–Trinajstić information content (AvgIpc) is 2.55. The Morgan fingerprint density at radius 2 is 1.92 bits per heavy atom. The minimum absolute atomic E-state index is 0.299. The fourth-order valence-corrected chi connectivity index (χ4v) is 2.45. The molecule has 1 heterocycles. The van der Waals surface area contributed by atoms with E-state index < -0.39 is 11.6 Å². The highest BCUT2D eigenvalue weighted by Crippen LogP contribution is 2.24. The summed E-state index contributed by atoms with van der Waals surface area (Å²) in [7, 11) is 0. The van der Waals surface area contributed by atoms with E-state index in [-0.39, 0.29) is 0 Å². The van der Waals surface area contributed by atoms with E-state index in [0.717, 1.165) is 10.9 Å². The van der Waals surface area contributed by atoms with Crippen molar-refractivity contribution in [1.29, 1.82) is 0 Å². The number of fused-ring (bicyclic) bond motifs is 1. The summed E-state index contributed by atoms with van der Waals surface area (Å²) in [6.07, 6.45) is 0. The molecule has 0 spiro atoms. The Hall–Kier alpha value is -3.08. The van der Waals surface area contributed by atoms with E-state index in [1.807, 2.05) is 13.8 Å². The van der Waals surface area contributed by atoms with Gasteiger partial charge < -0.3 is 13.9 Å². The number of esters is 1. The monoisotopic (exact) mass is 324 g/mol. The predicted molar refractivity (Wildman–Crippen MR) is 89.8 cm³/mol. The van der Waals surface area contributed by atoms with E-state index >= 15 is 0 Å². The third-order valence-electron chi connectivity index (χ3n) is 3.54. The molecule has 5 heteroatoms. The summed E-state index contributed by atoms with van der Waals surface area (Å²) < 4.78 is 16.0. The van der Waals surface area contributed by atoms with Gasteiger partial charge in [0.2, 0.25) is 0 Å². The topological polar surface area (TPSA) is 65.7 Å². The number of carbonyl (C=O) groups is 1. The van der Waals surface area contributed by atoms with Crippen molar-refractivity contribution in [1.82, 2.24) is 0 Å². The highest BCUT2D eigenvalue weighted by molar-refractivity contribution is 5.94. The number of hydrogen-bond acceptors (Lipinski definition) is 5. The second-order valence-corrected chi connectivity index (χ2v) is 5.23. The summed E-state index contributed by atoms with van der Waals surface area (Å²) in [5, 5.41) is 0.795. The van der Waals surface area contributed by atoms with Gasteiger partial charge in [-0.15, -0.1) is 0 Å². The standard InChI is InChI=1S/C19H16O5/c1-3-22-16-7-5-4-6-15(16)19(21)23-13-8-9-14-12(2)10-18(20)24-17(14)11-13/h4-11H,3H2,1-2H3. The van der Waals surface area contributed by atoms with Gasteiger partial charge in [0.25, 0.3) is 0 Å². The van der Waals surface area contributed by atoms with Gasteiger partial charge in [-0.05, 0) is 43.7 Å². The van der Waals surface area contributed by atoms with Gasteiger partial charge in [0.05, 0.1) is 6.61 Å². The maximum Gasteiger partial charge on any atom is 0.347 e. The van der Waals surface area contributed by atoms with Crippen LogP contribution in [0.1, 0.15) is 22.8 Å². The lowest BCUT2D eigenvalue weighted by atomic mass is 10.1. The molecule has 0 saturated carbocycles. The van der Waals surface area contributed by atoms with E-state index in [0.29, 0.717) is 29.3 Å². The molecule has 0 aliphatic heterocycles. The molecule has 2 aromatic carbocycles. The van der Waals surface area contributed by atoms with Crippen LogP contribution in [-0.2, 0) is 0 Å². The molecule has 24 heavy (non-hydrogen) atoms. The maximum absolute atomic E-state index is 12.4. The highest BCUT2D eigenvalue weighted by atomic mass is 16.5. The number of carbonyl (C=O) groups excluding carboxylic acids is 1. The molecular weight excluding hydrogens is 308 g/mol. The molecule has 3 aromatic rings. The Bertz CT molecular complexity index is 955. The van der Waals surface area contributed by atoms with Gasteiger partial charge in [-0.25, -0.2) is 9.59 Å². The van der Waals surface area contributed by atoms with E-state index in [4.69, 9.17) is 13.9 Å². The number of aryl methyl sites for hydroxylation is 1. The zero-order valence-electron chi connectivity index (χ0n) is 13.4. The highest BCUT2D eigenvalue weighted by Gasteiger charge is 2.15. The fourth-order valence-electron chi connectivity index (χ4n) is 2.45. The normalized spacial score (nSPS) is 10.6. The van der Waals surface area contributed by atoms with Crippen LogP contribution in [0.3, 0.4) is 0 Å². The average molecular weight is 324 g/mol. The second kappa shape index (κ2) is 6.58. The zero-order valence-corrected chi connectivity index (χ0v) is 13.4. The molecule has 0 fully saturated rings. The SMILES string of the molecule is CCOc1ccccc1C(=O)Oc1ccc2c(C)cc(=O)oc2c1. The molecule has 0 bridgehead atoms. The van der Waals surface area contributed by atoms with E-state index in [2.05, 4.69) is 0 Å². The number of para-hydroxylation sites is 1. The third kappa shape index (κ3) is 3.15. The summed E-state index contributed by atoms with van der Waals surface area (Å²) >= 11 is 0.